The Morgan fingerprint density at radius 3 is 2.56 bits per heavy atom. The predicted molar refractivity (Wildman–Crippen MR) is 73.2 cm³/mol. The molecule has 7 heteroatoms. The molecule has 2 N–H and O–H groups in total. The van der Waals surface area contributed by atoms with E-state index in [1.165, 1.54) is 6.07 Å². The van der Waals surface area contributed by atoms with Crippen LogP contribution in [-0.4, -0.2) is 21.0 Å². The first kappa shape index (κ1) is 16.1. The standard InChI is InChI=1S/C11H9N3O2.2ClH/c15-11(16)9-4-1-5-10(14-9)13-8-3-2-6-12-7-8;;/h1-7H,(H,13,14)(H,15,16);2*1H. The van der Waals surface area contributed by atoms with Crippen molar-refractivity contribution in [3.63, 3.8) is 0 Å². The van der Waals surface area contributed by atoms with Gasteiger partial charge in [0.2, 0.25) is 0 Å². The minimum atomic E-state index is -1.05. The van der Waals surface area contributed by atoms with Crippen LogP contribution in [0.2, 0.25) is 0 Å². The van der Waals surface area contributed by atoms with Crippen molar-refractivity contribution in [2.75, 3.05) is 5.32 Å². The van der Waals surface area contributed by atoms with E-state index in [-0.39, 0.29) is 30.5 Å². The maximum absolute atomic E-state index is 10.7. The molecule has 0 aliphatic rings. The fraction of sp³-hybridized carbons (Fsp3) is 0. The van der Waals surface area contributed by atoms with Crippen LogP contribution in [0.3, 0.4) is 0 Å². The van der Waals surface area contributed by atoms with Gasteiger partial charge in [0, 0.05) is 6.20 Å². The molecule has 0 atom stereocenters. The van der Waals surface area contributed by atoms with Crippen molar-refractivity contribution in [2.45, 2.75) is 0 Å². The normalized spacial score (nSPS) is 8.67. The Balaban J connectivity index is 0.00000144. The summed E-state index contributed by atoms with van der Waals surface area (Å²) in [6.45, 7) is 0. The van der Waals surface area contributed by atoms with Crippen LogP contribution in [0.15, 0.2) is 42.7 Å². The van der Waals surface area contributed by atoms with Crippen LogP contribution in [0.5, 0.6) is 0 Å². The number of aromatic nitrogens is 2. The summed E-state index contributed by atoms with van der Waals surface area (Å²) >= 11 is 0. The van der Waals surface area contributed by atoms with E-state index in [1.54, 1.807) is 30.6 Å². The molecule has 2 aromatic heterocycles. The third-order valence-electron chi connectivity index (χ3n) is 1.90. The summed E-state index contributed by atoms with van der Waals surface area (Å²) in [5, 5.41) is 11.7. The lowest BCUT2D eigenvalue weighted by atomic mass is 10.3. The lowest BCUT2D eigenvalue weighted by molar-refractivity contribution is 0.0690. The van der Waals surface area contributed by atoms with Crippen molar-refractivity contribution >= 4 is 42.3 Å². The minimum Gasteiger partial charge on any atom is -0.477 e. The number of hydrogen-bond acceptors (Lipinski definition) is 4. The highest BCUT2D eigenvalue weighted by Crippen LogP contribution is 2.12. The summed E-state index contributed by atoms with van der Waals surface area (Å²) in [5.74, 6) is -0.567. The highest BCUT2D eigenvalue weighted by molar-refractivity contribution is 5.86. The molecule has 0 fully saturated rings. The van der Waals surface area contributed by atoms with Gasteiger partial charge in [-0.15, -0.1) is 24.8 Å². The third kappa shape index (κ3) is 4.20. The zero-order valence-electron chi connectivity index (χ0n) is 9.11. The Morgan fingerprint density at radius 2 is 1.94 bits per heavy atom. The second-order valence-electron chi connectivity index (χ2n) is 3.08. The van der Waals surface area contributed by atoms with E-state index < -0.39 is 5.97 Å². The Morgan fingerprint density at radius 1 is 1.17 bits per heavy atom. The number of rotatable bonds is 3. The van der Waals surface area contributed by atoms with Gasteiger partial charge in [0.05, 0.1) is 11.9 Å². The summed E-state index contributed by atoms with van der Waals surface area (Å²) in [6.07, 6.45) is 3.29. The molecule has 0 radical (unpaired) electrons. The van der Waals surface area contributed by atoms with Crippen LogP contribution in [-0.2, 0) is 0 Å². The summed E-state index contributed by atoms with van der Waals surface area (Å²) in [5.41, 5.74) is 0.770. The van der Waals surface area contributed by atoms with Gasteiger partial charge in [-0.2, -0.15) is 0 Å². The number of carbonyl (C=O) groups is 1. The zero-order chi connectivity index (χ0) is 11.4. The highest BCUT2D eigenvalue weighted by Gasteiger charge is 2.04. The van der Waals surface area contributed by atoms with Crippen LogP contribution >= 0.6 is 24.8 Å². The van der Waals surface area contributed by atoms with Crippen molar-refractivity contribution in [2.24, 2.45) is 0 Å². The Labute approximate surface area is 116 Å². The van der Waals surface area contributed by atoms with Gasteiger partial charge in [0.25, 0.3) is 0 Å². The molecule has 96 valence electrons. The predicted octanol–water partition coefficient (Wildman–Crippen LogP) is 2.76. The van der Waals surface area contributed by atoms with E-state index in [9.17, 15) is 4.79 Å². The lowest BCUT2D eigenvalue weighted by Gasteiger charge is -2.04. The van der Waals surface area contributed by atoms with Gasteiger partial charge in [0.15, 0.2) is 5.69 Å². The molecule has 0 aromatic carbocycles. The van der Waals surface area contributed by atoms with Gasteiger partial charge in [-0.1, -0.05) is 6.07 Å². The molecule has 5 nitrogen and oxygen atoms in total. The number of aromatic carboxylic acids is 1. The van der Waals surface area contributed by atoms with Crippen LogP contribution in [0, 0.1) is 0 Å². The first-order chi connectivity index (χ1) is 7.75. The summed E-state index contributed by atoms with van der Waals surface area (Å²) in [7, 11) is 0. The second-order valence-corrected chi connectivity index (χ2v) is 3.08. The fourth-order valence-electron chi connectivity index (χ4n) is 1.21. The molecule has 2 aromatic rings. The molecule has 0 unspecified atom stereocenters. The maximum Gasteiger partial charge on any atom is 0.354 e. The van der Waals surface area contributed by atoms with Gasteiger partial charge in [0.1, 0.15) is 5.82 Å². The molecule has 0 spiro atoms. The molecule has 0 saturated heterocycles. The van der Waals surface area contributed by atoms with Gasteiger partial charge in [-0.3, -0.25) is 4.98 Å². The number of pyridine rings is 2. The number of halogens is 2. The first-order valence-corrected chi connectivity index (χ1v) is 4.63. The van der Waals surface area contributed by atoms with Crippen molar-refractivity contribution < 1.29 is 9.90 Å². The Kier molecular flexibility index (Phi) is 6.70. The van der Waals surface area contributed by atoms with Crippen LogP contribution in [0.4, 0.5) is 11.5 Å². The van der Waals surface area contributed by atoms with E-state index >= 15 is 0 Å². The topological polar surface area (TPSA) is 75.1 Å². The summed E-state index contributed by atoms with van der Waals surface area (Å²) in [6, 6.07) is 8.37. The van der Waals surface area contributed by atoms with E-state index in [0.717, 1.165) is 5.69 Å². The first-order valence-electron chi connectivity index (χ1n) is 4.63. The molecule has 2 heterocycles. The highest BCUT2D eigenvalue weighted by atomic mass is 35.5. The van der Waals surface area contributed by atoms with Crippen molar-refractivity contribution in [1.29, 1.82) is 0 Å². The van der Waals surface area contributed by atoms with Crippen LogP contribution in [0.1, 0.15) is 10.5 Å². The van der Waals surface area contributed by atoms with E-state index in [2.05, 4.69) is 15.3 Å². The van der Waals surface area contributed by atoms with Crippen molar-refractivity contribution in [1.82, 2.24) is 9.97 Å². The van der Waals surface area contributed by atoms with E-state index in [1.807, 2.05) is 6.07 Å². The Bertz CT molecular complexity index is 509. The molecule has 0 bridgehead atoms. The molecule has 0 amide bonds. The number of anilines is 2. The minimum absolute atomic E-state index is 0. The van der Waals surface area contributed by atoms with E-state index in [4.69, 9.17) is 5.11 Å². The summed E-state index contributed by atoms with van der Waals surface area (Å²) in [4.78, 5) is 18.6. The third-order valence-corrected chi connectivity index (χ3v) is 1.90. The Hall–Kier alpha value is -1.85. The zero-order valence-corrected chi connectivity index (χ0v) is 10.7. The molecule has 18 heavy (non-hydrogen) atoms. The average Bonchev–Trinajstić information content (AvgIpc) is 2.30. The van der Waals surface area contributed by atoms with Gasteiger partial charge in [-0.25, -0.2) is 9.78 Å². The number of carboxylic acid groups (broad SMARTS) is 1. The SMILES string of the molecule is Cl.Cl.O=C(O)c1cccc(Nc2cccnc2)n1. The molecular formula is C11H11Cl2N3O2. The quantitative estimate of drug-likeness (QED) is 0.908. The fourth-order valence-corrected chi connectivity index (χ4v) is 1.21. The van der Waals surface area contributed by atoms with Crippen molar-refractivity contribution in [3.8, 4) is 0 Å². The number of nitrogens with one attached hydrogen (secondary N) is 1. The number of nitrogens with zero attached hydrogens (tertiary/aromatic N) is 2. The maximum atomic E-state index is 10.7. The molecule has 0 aliphatic heterocycles. The van der Waals surface area contributed by atoms with Gasteiger partial charge < -0.3 is 10.4 Å². The molecule has 0 aliphatic carbocycles. The van der Waals surface area contributed by atoms with Gasteiger partial charge in [-0.05, 0) is 24.3 Å². The number of carboxylic acids is 1. The van der Waals surface area contributed by atoms with Crippen LogP contribution < -0.4 is 5.32 Å². The molecular weight excluding hydrogens is 277 g/mol. The largest absolute Gasteiger partial charge is 0.477 e. The summed E-state index contributed by atoms with van der Waals surface area (Å²) < 4.78 is 0. The molecule has 0 saturated carbocycles. The average molecular weight is 288 g/mol. The van der Waals surface area contributed by atoms with E-state index in [0.29, 0.717) is 5.82 Å². The van der Waals surface area contributed by atoms with Crippen LogP contribution in [0.25, 0.3) is 0 Å². The second kappa shape index (κ2) is 7.47. The van der Waals surface area contributed by atoms with Gasteiger partial charge >= 0.3 is 5.97 Å². The number of hydrogen-bond donors (Lipinski definition) is 2. The lowest BCUT2D eigenvalue weighted by Crippen LogP contribution is -2.02. The monoisotopic (exact) mass is 287 g/mol. The molecule has 2 rings (SSSR count). The van der Waals surface area contributed by atoms with Crippen molar-refractivity contribution in [3.05, 3.63) is 48.4 Å². The smallest absolute Gasteiger partial charge is 0.354 e.